The first-order valence-electron chi connectivity index (χ1n) is 6.04. The highest BCUT2D eigenvalue weighted by Gasteiger charge is 2.29. The Balaban J connectivity index is 2.64. The van der Waals surface area contributed by atoms with Crippen LogP contribution in [0.2, 0.25) is 0 Å². The first kappa shape index (κ1) is 17.4. The maximum Gasteiger partial charge on any atom is 0.442 e. The van der Waals surface area contributed by atoms with Crippen molar-refractivity contribution < 1.29 is 27.9 Å². The van der Waals surface area contributed by atoms with E-state index in [0.717, 1.165) is 0 Å². The van der Waals surface area contributed by atoms with Gasteiger partial charge in [-0.05, 0) is 23.7 Å². The average Bonchev–Trinajstić information content (AvgIpc) is 2.41. The van der Waals surface area contributed by atoms with Crippen LogP contribution in [0.1, 0.15) is 24.4 Å². The monoisotopic (exact) mass is 321 g/mol. The van der Waals surface area contributed by atoms with Crippen LogP contribution in [0.25, 0.3) is 0 Å². The van der Waals surface area contributed by atoms with E-state index in [1.807, 2.05) is 0 Å². The summed E-state index contributed by atoms with van der Waals surface area (Å²) in [6.45, 7) is 0. The second kappa shape index (κ2) is 7.92. The third kappa shape index (κ3) is 7.60. The highest BCUT2D eigenvalue weighted by Crippen LogP contribution is 2.30. The van der Waals surface area contributed by atoms with Crippen molar-refractivity contribution in [1.29, 1.82) is 0 Å². The molecule has 4 nitrogen and oxygen atoms in total. The highest BCUT2D eigenvalue weighted by molar-refractivity contribution is 8.00. The maximum absolute atomic E-state index is 12.0. The van der Waals surface area contributed by atoms with Gasteiger partial charge in [-0.15, -0.1) is 0 Å². The lowest BCUT2D eigenvalue weighted by Crippen LogP contribution is -2.31. The van der Waals surface area contributed by atoms with Gasteiger partial charge in [0.1, 0.15) is 0 Å². The SMILES string of the molecule is O=C(O)CCC(NC(=O)CSC(F)(F)F)c1ccccc1. The summed E-state index contributed by atoms with van der Waals surface area (Å²) < 4.78 is 36.1. The van der Waals surface area contributed by atoms with Crippen molar-refractivity contribution in [3.05, 3.63) is 35.9 Å². The Morgan fingerprint density at radius 3 is 2.38 bits per heavy atom. The Morgan fingerprint density at radius 2 is 1.86 bits per heavy atom. The van der Waals surface area contributed by atoms with Crippen molar-refractivity contribution in [1.82, 2.24) is 5.32 Å². The molecule has 21 heavy (non-hydrogen) atoms. The van der Waals surface area contributed by atoms with Gasteiger partial charge in [-0.2, -0.15) is 13.2 Å². The normalized spacial score (nSPS) is 12.7. The number of carboxylic acids is 1. The molecule has 1 aromatic rings. The van der Waals surface area contributed by atoms with Crippen LogP contribution in [-0.2, 0) is 9.59 Å². The number of hydrogen-bond donors (Lipinski definition) is 2. The molecular weight excluding hydrogens is 307 g/mol. The van der Waals surface area contributed by atoms with E-state index in [-0.39, 0.29) is 12.8 Å². The van der Waals surface area contributed by atoms with Gasteiger partial charge in [0.25, 0.3) is 0 Å². The molecule has 0 bridgehead atoms. The molecule has 1 rings (SSSR count). The van der Waals surface area contributed by atoms with Gasteiger partial charge in [-0.1, -0.05) is 30.3 Å². The molecule has 1 amide bonds. The molecule has 0 radical (unpaired) electrons. The number of benzene rings is 1. The van der Waals surface area contributed by atoms with E-state index in [2.05, 4.69) is 5.32 Å². The lowest BCUT2D eigenvalue weighted by molar-refractivity contribution is -0.137. The van der Waals surface area contributed by atoms with E-state index in [1.165, 1.54) is 0 Å². The number of thioether (sulfide) groups is 1. The molecule has 1 unspecified atom stereocenters. The lowest BCUT2D eigenvalue weighted by Gasteiger charge is -2.18. The van der Waals surface area contributed by atoms with Crippen LogP contribution < -0.4 is 5.32 Å². The Kier molecular flexibility index (Phi) is 6.54. The summed E-state index contributed by atoms with van der Waals surface area (Å²) in [5.74, 6) is -2.56. The van der Waals surface area contributed by atoms with Crippen molar-refractivity contribution >= 4 is 23.6 Å². The fourth-order valence-corrected chi connectivity index (χ4v) is 2.04. The number of hydrogen-bond acceptors (Lipinski definition) is 3. The molecule has 0 aliphatic carbocycles. The second-order valence-corrected chi connectivity index (χ2v) is 5.24. The summed E-state index contributed by atoms with van der Waals surface area (Å²) in [7, 11) is 0. The van der Waals surface area contributed by atoms with Crippen molar-refractivity contribution in [3.63, 3.8) is 0 Å². The summed E-state index contributed by atoms with van der Waals surface area (Å²) in [4.78, 5) is 22.2. The van der Waals surface area contributed by atoms with Crippen molar-refractivity contribution in [2.24, 2.45) is 0 Å². The van der Waals surface area contributed by atoms with E-state index < -0.39 is 40.9 Å². The molecule has 0 aromatic heterocycles. The Labute approximate surface area is 123 Å². The standard InChI is InChI=1S/C13H14F3NO3S/c14-13(15,16)21-8-11(18)17-10(6-7-12(19)20)9-4-2-1-3-5-9/h1-5,10H,6-8H2,(H,17,18)(H,19,20). The van der Waals surface area contributed by atoms with Gasteiger partial charge in [0.2, 0.25) is 5.91 Å². The Bertz CT molecular complexity index is 479. The molecule has 0 fully saturated rings. The smallest absolute Gasteiger partial charge is 0.442 e. The topological polar surface area (TPSA) is 66.4 Å². The average molecular weight is 321 g/mol. The number of halogens is 3. The van der Waals surface area contributed by atoms with Gasteiger partial charge in [0, 0.05) is 6.42 Å². The molecule has 0 spiro atoms. The van der Waals surface area contributed by atoms with Crippen LogP contribution in [0.15, 0.2) is 30.3 Å². The van der Waals surface area contributed by atoms with Gasteiger partial charge >= 0.3 is 11.5 Å². The number of carboxylic acid groups (broad SMARTS) is 1. The third-order valence-electron chi connectivity index (χ3n) is 2.55. The molecule has 1 atom stereocenters. The van der Waals surface area contributed by atoms with E-state index in [9.17, 15) is 22.8 Å². The first-order chi connectivity index (χ1) is 9.78. The number of amides is 1. The van der Waals surface area contributed by atoms with Gasteiger partial charge in [0.05, 0.1) is 11.8 Å². The minimum absolute atomic E-state index is 0.113. The minimum Gasteiger partial charge on any atom is -0.481 e. The van der Waals surface area contributed by atoms with Crippen molar-refractivity contribution in [2.75, 3.05) is 5.75 Å². The van der Waals surface area contributed by atoms with Crippen molar-refractivity contribution in [3.8, 4) is 0 Å². The van der Waals surface area contributed by atoms with Crippen LogP contribution in [0.3, 0.4) is 0 Å². The molecule has 8 heteroatoms. The summed E-state index contributed by atoms with van der Waals surface area (Å²) >= 11 is -0.425. The zero-order chi connectivity index (χ0) is 15.9. The molecular formula is C13H14F3NO3S. The molecule has 0 aliphatic heterocycles. The van der Waals surface area contributed by atoms with Gasteiger partial charge < -0.3 is 10.4 Å². The fourth-order valence-electron chi connectivity index (χ4n) is 1.66. The largest absolute Gasteiger partial charge is 0.481 e. The quantitative estimate of drug-likeness (QED) is 0.810. The molecule has 1 aromatic carbocycles. The number of aliphatic carboxylic acids is 1. The van der Waals surface area contributed by atoms with Crippen molar-refractivity contribution in [2.45, 2.75) is 24.4 Å². The zero-order valence-corrected chi connectivity index (χ0v) is 11.7. The molecule has 2 N–H and O–H groups in total. The van der Waals surface area contributed by atoms with Gasteiger partial charge in [-0.3, -0.25) is 9.59 Å². The second-order valence-electron chi connectivity index (χ2n) is 4.20. The molecule has 0 saturated carbocycles. The molecule has 116 valence electrons. The van der Waals surface area contributed by atoms with E-state index in [4.69, 9.17) is 5.11 Å². The zero-order valence-electron chi connectivity index (χ0n) is 10.9. The Hall–Kier alpha value is -1.70. The number of carbonyl (C=O) groups excluding carboxylic acids is 1. The van der Waals surface area contributed by atoms with Crippen LogP contribution >= 0.6 is 11.8 Å². The van der Waals surface area contributed by atoms with Crippen LogP contribution in [0, 0.1) is 0 Å². The van der Waals surface area contributed by atoms with Gasteiger partial charge in [-0.25, -0.2) is 0 Å². The summed E-state index contributed by atoms with van der Waals surface area (Å²) in [5, 5.41) is 11.1. The Morgan fingerprint density at radius 1 is 1.24 bits per heavy atom. The lowest BCUT2D eigenvalue weighted by atomic mass is 10.0. The van der Waals surface area contributed by atoms with E-state index in [0.29, 0.717) is 5.56 Å². The number of alkyl halides is 3. The fraction of sp³-hybridized carbons (Fsp3) is 0.385. The first-order valence-corrected chi connectivity index (χ1v) is 7.03. The van der Waals surface area contributed by atoms with Gasteiger partial charge in [0.15, 0.2) is 0 Å². The minimum atomic E-state index is -4.47. The van der Waals surface area contributed by atoms with Crippen LogP contribution in [0.5, 0.6) is 0 Å². The number of nitrogens with one attached hydrogen (secondary N) is 1. The molecule has 0 saturated heterocycles. The number of rotatable bonds is 7. The van der Waals surface area contributed by atoms with E-state index >= 15 is 0 Å². The predicted octanol–water partition coefficient (Wildman–Crippen LogP) is 2.96. The summed E-state index contributed by atoms with van der Waals surface area (Å²) in [6.07, 6.45) is -0.0754. The van der Waals surface area contributed by atoms with Crippen LogP contribution in [-0.4, -0.2) is 28.2 Å². The third-order valence-corrected chi connectivity index (χ3v) is 3.28. The number of carbonyl (C=O) groups is 2. The maximum atomic E-state index is 12.0. The molecule has 0 heterocycles. The van der Waals surface area contributed by atoms with Crippen LogP contribution in [0.4, 0.5) is 13.2 Å². The predicted molar refractivity (Wildman–Crippen MR) is 72.7 cm³/mol. The molecule has 0 aliphatic rings. The summed E-state index contributed by atoms with van der Waals surface area (Å²) in [6, 6.07) is 7.91. The van der Waals surface area contributed by atoms with E-state index in [1.54, 1.807) is 30.3 Å². The summed E-state index contributed by atoms with van der Waals surface area (Å²) in [5.41, 5.74) is -3.81. The highest BCUT2D eigenvalue weighted by atomic mass is 32.2.